The number of halogens is 1. The summed E-state index contributed by atoms with van der Waals surface area (Å²) < 4.78 is 13.0. The number of ketones is 1. The summed E-state index contributed by atoms with van der Waals surface area (Å²) in [7, 11) is 0. The summed E-state index contributed by atoms with van der Waals surface area (Å²) in [6, 6.07) is 10.8. The average molecular weight is 473 g/mol. The first-order chi connectivity index (χ1) is 14.3. The lowest BCUT2D eigenvalue weighted by Gasteiger charge is -2.11. The van der Waals surface area contributed by atoms with Crippen molar-refractivity contribution in [1.29, 1.82) is 0 Å². The third-order valence-electron chi connectivity index (χ3n) is 4.63. The molecule has 0 bridgehead atoms. The molecule has 2 heterocycles. The van der Waals surface area contributed by atoms with E-state index < -0.39 is 18.5 Å². The van der Waals surface area contributed by atoms with Crippen LogP contribution in [0.15, 0.2) is 51.6 Å². The van der Waals surface area contributed by atoms with Gasteiger partial charge in [-0.05, 0) is 62.7 Å². The Hall–Kier alpha value is -3.13. The third-order valence-corrected chi connectivity index (χ3v) is 5.52. The molecule has 0 saturated carbocycles. The number of esters is 1. The van der Waals surface area contributed by atoms with E-state index in [4.69, 9.17) is 9.15 Å². The maximum Gasteiger partial charge on any atom is 0.325 e. The van der Waals surface area contributed by atoms with Crippen LogP contribution in [0.5, 0.6) is 0 Å². The zero-order valence-electron chi connectivity index (χ0n) is 16.8. The fourth-order valence-electron chi connectivity index (χ4n) is 3.13. The Morgan fingerprint density at radius 3 is 2.57 bits per heavy atom. The minimum atomic E-state index is -0.708. The van der Waals surface area contributed by atoms with Crippen molar-refractivity contribution in [2.75, 3.05) is 13.2 Å². The Balaban J connectivity index is 1.62. The monoisotopic (exact) mass is 472 g/mol. The van der Waals surface area contributed by atoms with Crippen molar-refractivity contribution in [3.8, 4) is 5.69 Å². The largest absolute Gasteiger partial charge is 0.459 e. The summed E-state index contributed by atoms with van der Waals surface area (Å²) in [5.41, 5.74) is 4.18. The second-order valence-electron chi connectivity index (χ2n) is 6.80. The molecule has 0 aliphatic heterocycles. The minimum absolute atomic E-state index is 0.0921. The molecule has 0 aliphatic rings. The predicted molar refractivity (Wildman–Crippen MR) is 114 cm³/mol. The van der Waals surface area contributed by atoms with E-state index in [1.807, 2.05) is 43.5 Å². The topological polar surface area (TPSA) is 90.5 Å². The number of aryl methyl sites for hydroxylation is 2. The predicted octanol–water partition coefficient (Wildman–Crippen LogP) is 3.91. The number of aromatic nitrogens is 1. The molecule has 0 spiro atoms. The summed E-state index contributed by atoms with van der Waals surface area (Å²) in [6.45, 7) is 5.00. The molecule has 0 fully saturated rings. The van der Waals surface area contributed by atoms with Gasteiger partial charge in [-0.1, -0.05) is 15.9 Å². The van der Waals surface area contributed by atoms with Crippen LogP contribution in [-0.4, -0.2) is 35.4 Å². The van der Waals surface area contributed by atoms with E-state index in [2.05, 4.69) is 21.2 Å². The normalized spacial score (nSPS) is 10.7. The van der Waals surface area contributed by atoms with Gasteiger partial charge in [0.2, 0.25) is 5.78 Å². The molecule has 3 rings (SSSR count). The van der Waals surface area contributed by atoms with Crippen LogP contribution in [0.1, 0.15) is 37.9 Å². The van der Waals surface area contributed by atoms with Crippen molar-refractivity contribution < 1.29 is 23.5 Å². The first-order valence-corrected chi connectivity index (χ1v) is 10.0. The smallest absolute Gasteiger partial charge is 0.325 e. The number of amides is 1. The number of benzene rings is 1. The van der Waals surface area contributed by atoms with Gasteiger partial charge in [-0.2, -0.15) is 0 Å². The van der Waals surface area contributed by atoms with E-state index in [0.29, 0.717) is 5.56 Å². The molecule has 7 nitrogen and oxygen atoms in total. The van der Waals surface area contributed by atoms with Gasteiger partial charge in [0.15, 0.2) is 12.4 Å². The van der Waals surface area contributed by atoms with Gasteiger partial charge in [0.05, 0.1) is 6.26 Å². The molecule has 0 saturated heterocycles. The molecular weight excluding hydrogens is 452 g/mol. The average Bonchev–Trinajstić information content (AvgIpc) is 3.35. The Bertz CT molecular complexity index is 1100. The number of Topliss-reactive ketones (excluding diaryl/α,β-unsaturated/α-hetero) is 1. The summed E-state index contributed by atoms with van der Waals surface area (Å²) in [6.07, 6.45) is 1.36. The molecule has 0 atom stereocenters. The van der Waals surface area contributed by atoms with E-state index in [1.54, 1.807) is 12.1 Å². The number of rotatable bonds is 7. The van der Waals surface area contributed by atoms with Gasteiger partial charge in [0.25, 0.3) is 5.91 Å². The van der Waals surface area contributed by atoms with Crippen molar-refractivity contribution in [2.45, 2.75) is 20.8 Å². The Labute approximate surface area is 182 Å². The zero-order valence-corrected chi connectivity index (χ0v) is 18.4. The molecule has 2 aromatic heterocycles. The highest BCUT2D eigenvalue weighted by atomic mass is 79.9. The van der Waals surface area contributed by atoms with Gasteiger partial charge in [0, 0.05) is 27.1 Å². The molecule has 0 aliphatic carbocycles. The quantitative estimate of drug-likeness (QED) is 0.415. The molecular formula is C22H21BrN2O5. The van der Waals surface area contributed by atoms with Crippen molar-refractivity contribution in [3.63, 3.8) is 0 Å². The lowest BCUT2D eigenvalue weighted by Crippen LogP contribution is -2.31. The van der Waals surface area contributed by atoms with Crippen molar-refractivity contribution in [1.82, 2.24) is 9.88 Å². The van der Waals surface area contributed by atoms with Crippen LogP contribution in [0.25, 0.3) is 5.69 Å². The SMILES string of the molecule is Cc1cc(-n2c(C)cc(C(=O)COC(=O)CNC(=O)c3ccco3)c2C)ccc1Br. The molecule has 1 aromatic carbocycles. The Morgan fingerprint density at radius 1 is 1.13 bits per heavy atom. The lowest BCUT2D eigenvalue weighted by atomic mass is 10.1. The number of furan rings is 1. The van der Waals surface area contributed by atoms with Crippen molar-refractivity contribution >= 4 is 33.6 Å². The fourth-order valence-corrected chi connectivity index (χ4v) is 3.38. The highest BCUT2D eigenvalue weighted by Gasteiger charge is 2.19. The molecule has 8 heteroatoms. The van der Waals surface area contributed by atoms with Crippen LogP contribution in [0, 0.1) is 20.8 Å². The van der Waals surface area contributed by atoms with E-state index in [9.17, 15) is 14.4 Å². The molecule has 0 unspecified atom stereocenters. The number of carbonyl (C=O) groups excluding carboxylic acids is 3. The van der Waals surface area contributed by atoms with Crippen molar-refractivity contribution in [3.05, 3.63) is 75.4 Å². The zero-order chi connectivity index (χ0) is 21.8. The van der Waals surface area contributed by atoms with Gasteiger partial charge in [-0.3, -0.25) is 14.4 Å². The Kier molecular flexibility index (Phi) is 6.56. The second-order valence-corrected chi connectivity index (χ2v) is 7.65. The highest BCUT2D eigenvalue weighted by Crippen LogP contribution is 2.25. The second kappa shape index (κ2) is 9.13. The van der Waals surface area contributed by atoms with Gasteiger partial charge in [0.1, 0.15) is 6.54 Å². The number of nitrogens with zero attached hydrogens (tertiary/aromatic N) is 1. The number of hydrogen-bond acceptors (Lipinski definition) is 5. The molecule has 1 N–H and O–H groups in total. The van der Waals surface area contributed by atoms with Crippen LogP contribution in [0.3, 0.4) is 0 Å². The van der Waals surface area contributed by atoms with Gasteiger partial charge in [-0.25, -0.2) is 0 Å². The maximum atomic E-state index is 12.6. The third kappa shape index (κ3) is 4.71. The number of nitrogens with one attached hydrogen (secondary N) is 1. The van der Waals surface area contributed by atoms with Crippen LogP contribution in [-0.2, 0) is 9.53 Å². The summed E-state index contributed by atoms with van der Waals surface area (Å²) in [5.74, 6) is -1.46. The minimum Gasteiger partial charge on any atom is -0.459 e. The summed E-state index contributed by atoms with van der Waals surface area (Å²) in [4.78, 5) is 36.2. The first-order valence-electron chi connectivity index (χ1n) is 9.24. The molecule has 0 radical (unpaired) electrons. The van der Waals surface area contributed by atoms with Gasteiger partial charge < -0.3 is 19.0 Å². The molecule has 30 heavy (non-hydrogen) atoms. The van der Waals surface area contributed by atoms with Crippen LogP contribution < -0.4 is 5.32 Å². The maximum absolute atomic E-state index is 12.6. The Morgan fingerprint density at radius 2 is 1.90 bits per heavy atom. The van der Waals surface area contributed by atoms with E-state index in [1.165, 1.54) is 12.3 Å². The van der Waals surface area contributed by atoms with Gasteiger partial charge in [-0.15, -0.1) is 0 Å². The number of ether oxygens (including phenoxy) is 1. The lowest BCUT2D eigenvalue weighted by molar-refractivity contribution is -0.141. The number of carbonyl (C=O) groups is 3. The van der Waals surface area contributed by atoms with Crippen LogP contribution >= 0.6 is 15.9 Å². The van der Waals surface area contributed by atoms with E-state index in [-0.39, 0.29) is 18.1 Å². The van der Waals surface area contributed by atoms with Crippen molar-refractivity contribution in [2.24, 2.45) is 0 Å². The van der Waals surface area contributed by atoms with Gasteiger partial charge >= 0.3 is 5.97 Å². The van der Waals surface area contributed by atoms with E-state index in [0.717, 1.165) is 27.1 Å². The molecule has 156 valence electrons. The van der Waals surface area contributed by atoms with Crippen LogP contribution in [0.2, 0.25) is 0 Å². The summed E-state index contributed by atoms with van der Waals surface area (Å²) >= 11 is 3.49. The fraction of sp³-hybridized carbons (Fsp3) is 0.227. The molecule has 3 aromatic rings. The first kappa shape index (κ1) is 21.6. The van der Waals surface area contributed by atoms with Crippen LogP contribution in [0.4, 0.5) is 0 Å². The number of hydrogen-bond donors (Lipinski definition) is 1. The highest BCUT2D eigenvalue weighted by molar-refractivity contribution is 9.10. The standard InChI is InChI=1S/C22H21BrN2O5/c1-13-9-16(6-7-18(13)23)25-14(2)10-17(15(25)3)19(26)12-30-21(27)11-24-22(28)20-5-4-8-29-20/h4-10H,11-12H2,1-3H3,(H,24,28). The van der Waals surface area contributed by atoms with E-state index >= 15 is 0 Å². The summed E-state index contributed by atoms with van der Waals surface area (Å²) in [5, 5.41) is 2.38. The molecule has 1 amide bonds.